The molecule has 4 rings (SSSR count). The Kier molecular flexibility index (Phi) is 5.04. The molecule has 2 aromatic carbocycles. The van der Waals surface area contributed by atoms with Crippen molar-refractivity contribution in [2.75, 3.05) is 0 Å². The largest absolute Gasteiger partial charge is 0.390 e. The van der Waals surface area contributed by atoms with Crippen LogP contribution in [0.1, 0.15) is 48.1 Å². The number of hydrogen-bond donors (Lipinski definition) is 2. The fourth-order valence-corrected chi connectivity index (χ4v) is 4.35. The Balaban J connectivity index is 1.70. The van der Waals surface area contributed by atoms with Crippen molar-refractivity contribution in [1.82, 2.24) is 0 Å². The molecule has 2 aromatic rings. The number of halogens is 1. The molecule has 0 radical (unpaired) electrons. The molecule has 0 bridgehead atoms. The standard InChI is InChI=1S/C22H25ClO4/c1-3-14-4-6-15(7-5-14)9-16-10-18-17(11-19(16)23)12-26-22(18)21(25)20(24)8-13(2)27-22/h4-7,10-11,13,20-21,24-25H,3,8-9,12H2,1-2H3/t13-,20+,21?,22+/m1/s1. The summed E-state index contributed by atoms with van der Waals surface area (Å²) in [6.07, 6.45) is -0.162. The highest BCUT2D eigenvalue weighted by Gasteiger charge is 2.54. The van der Waals surface area contributed by atoms with Crippen LogP contribution in [0.2, 0.25) is 5.02 Å². The normalized spacial score (nSPS) is 29.9. The number of fused-ring (bicyclic) bond motifs is 2. The third-order valence-corrected chi connectivity index (χ3v) is 5.97. The quantitative estimate of drug-likeness (QED) is 0.841. The van der Waals surface area contributed by atoms with E-state index in [9.17, 15) is 10.2 Å². The van der Waals surface area contributed by atoms with E-state index in [1.54, 1.807) is 0 Å². The van der Waals surface area contributed by atoms with Gasteiger partial charge in [0.15, 0.2) is 0 Å². The van der Waals surface area contributed by atoms with Crippen LogP contribution in [0.15, 0.2) is 36.4 Å². The van der Waals surface area contributed by atoms with Gasteiger partial charge >= 0.3 is 0 Å². The fourth-order valence-electron chi connectivity index (χ4n) is 4.10. The summed E-state index contributed by atoms with van der Waals surface area (Å²) in [6, 6.07) is 12.4. The topological polar surface area (TPSA) is 58.9 Å². The Morgan fingerprint density at radius 1 is 1.15 bits per heavy atom. The number of rotatable bonds is 3. The minimum Gasteiger partial charge on any atom is -0.390 e. The highest BCUT2D eigenvalue weighted by Crippen LogP contribution is 2.47. The van der Waals surface area contributed by atoms with Gasteiger partial charge in [0, 0.05) is 17.0 Å². The lowest BCUT2D eigenvalue weighted by Crippen LogP contribution is -2.55. The van der Waals surface area contributed by atoms with E-state index in [0.717, 1.165) is 23.1 Å². The second-order valence-corrected chi connectivity index (χ2v) is 7.99. The van der Waals surface area contributed by atoms with E-state index >= 15 is 0 Å². The molecule has 0 saturated carbocycles. The van der Waals surface area contributed by atoms with Gasteiger partial charge in [-0.3, -0.25) is 0 Å². The molecule has 1 fully saturated rings. The summed E-state index contributed by atoms with van der Waals surface area (Å²) in [6.45, 7) is 4.32. The molecule has 0 aliphatic carbocycles. The SMILES string of the molecule is CCc1ccc(Cc2cc3c(cc2Cl)CO[C@]32O[C@H](C)C[C@H](O)C2O)cc1. The average Bonchev–Trinajstić information content (AvgIpc) is 2.98. The van der Waals surface area contributed by atoms with Gasteiger partial charge in [-0.25, -0.2) is 0 Å². The van der Waals surface area contributed by atoms with Crippen LogP contribution in [-0.4, -0.2) is 28.5 Å². The lowest BCUT2D eigenvalue weighted by molar-refractivity contribution is -0.342. The van der Waals surface area contributed by atoms with E-state index in [1.807, 2.05) is 19.1 Å². The van der Waals surface area contributed by atoms with Gasteiger partial charge in [0.2, 0.25) is 5.79 Å². The Morgan fingerprint density at radius 3 is 2.56 bits per heavy atom. The molecule has 0 aromatic heterocycles. The minimum absolute atomic E-state index is 0.213. The summed E-state index contributed by atoms with van der Waals surface area (Å²) >= 11 is 6.53. The number of aliphatic hydroxyl groups excluding tert-OH is 2. The summed E-state index contributed by atoms with van der Waals surface area (Å²) in [4.78, 5) is 0. The van der Waals surface area contributed by atoms with Gasteiger partial charge in [-0.15, -0.1) is 0 Å². The Hall–Kier alpha value is -1.43. The predicted octanol–water partition coefficient (Wildman–Crippen LogP) is 3.71. The number of ether oxygens (including phenoxy) is 2. The lowest BCUT2D eigenvalue weighted by Gasteiger charge is -2.43. The number of hydrogen-bond acceptors (Lipinski definition) is 4. The van der Waals surface area contributed by atoms with Crippen LogP contribution in [0.25, 0.3) is 0 Å². The summed E-state index contributed by atoms with van der Waals surface area (Å²) < 4.78 is 11.9. The van der Waals surface area contributed by atoms with Crippen molar-refractivity contribution < 1.29 is 19.7 Å². The van der Waals surface area contributed by atoms with Crippen LogP contribution >= 0.6 is 11.6 Å². The van der Waals surface area contributed by atoms with Crippen molar-refractivity contribution in [2.45, 2.75) is 63.8 Å². The van der Waals surface area contributed by atoms with Crippen LogP contribution < -0.4 is 0 Å². The Labute approximate surface area is 164 Å². The zero-order valence-corrected chi connectivity index (χ0v) is 16.4. The predicted molar refractivity (Wildman–Crippen MR) is 104 cm³/mol. The third-order valence-electron chi connectivity index (χ3n) is 5.62. The van der Waals surface area contributed by atoms with Gasteiger partial charge in [-0.05, 0) is 54.2 Å². The maximum Gasteiger partial charge on any atom is 0.225 e. The van der Waals surface area contributed by atoms with E-state index in [-0.39, 0.29) is 6.10 Å². The van der Waals surface area contributed by atoms with Crippen LogP contribution in [0.3, 0.4) is 0 Å². The fraction of sp³-hybridized carbons (Fsp3) is 0.455. The van der Waals surface area contributed by atoms with Gasteiger partial charge in [-0.1, -0.05) is 42.8 Å². The Morgan fingerprint density at radius 2 is 1.85 bits per heavy atom. The first-order valence-electron chi connectivity index (χ1n) is 9.50. The first-order valence-corrected chi connectivity index (χ1v) is 9.88. The van der Waals surface area contributed by atoms with Crippen molar-refractivity contribution in [3.05, 3.63) is 69.2 Å². The monoisotopic (exact) mass is 388 g/mol. The first-order chi connectivity index (χ1) is 12.9. The molecule has 2 aliphatic heterocycles. The lowest BCUT2D eigenvalue weighted by atomic mass is 9.88. The van der Waals surface area contributed by atoms with Crippen LogP contribution in [-0.2, 0) is 34.7 Å². The highest BCUT2D eigenvalue weighted by molar-refractivity contribution is 6.31. The van der Waals surface area contributed by atoms with Gasteiger partial charge in [0.05, 0.1) is 18.8 Å². The molecule has 2 heterocycles. The molecular formula is C22H25ClO4. The van der Waals surface area contributed by atoms with Crippen molar-refractivity contribution in [3.63, 3.8) is 0 Å². The van der Waals surface area contributed by atoms with Crippen molar-refractivity contribution in [1.29, 1.82) is 0 Å². The van der Waals surface area contributed by atoms with E-state index < -0.39 is 18.0 Å². The van der Waals surface area contributed by atoms with E-state index in [1.165, 1.54) is 11.1 Å². The van der Waals surface area contributed by atoms with Crippen LogP contribution in [0.5, 0.6) is 0 Å². The minimum atomic E-state index is -1.32. The number of aliphatic hydroxyl groups is 2. The number of aryl methyl sites for hydroxylation is 1. The summed E-state index contributed by atoms with van der Waals surface area (Å²) in [5.74, 6) is -1.32. The van der Waals surface area contributed by atoms with Crippen molar-refractivity contribution in [2.24, 2.45) is 0 Å². The molecule has 0 amide bonds. The first kappa shape index (κ1) is 18.9. The molecule has 4 atom stereocenters. The molecule has 2 N–H and O–H groups in total. The molecule has 27 heavy (non-hydrogen) atoms. The van der Waals surface area contributed by atoms with Crippen LogP contribution in [0.4, 0.5) is 0 Å². The zero-order valence-electron chi connectivity index (χ0n) is 15.6. The second kappa shape index (κ2) is 7.19. The molecule has 4 nitrogen and oxygen atoms in total. The van der Waals surface area contributed by atoms with Gasteiger partial charge in [0.25, 0.3) is 0 Å². The molecule has 144 valence electrons. The van der Waals surface area contributed by atoms with Crippen molar-refractivity contribution >= 4 is 11.6 Å². The molecule has 5 heteroatoms. The van der Waals surface area contributed by atoms with Gasteiger partial charge in [-0.2, -0.15) is 0 Å². The smallest absolute Gasteiger partial charge is 0.225 e. The van der Waals surface area contributed by atoms with Crippen molar-refractivity contribution in [3.8, 4) is 0 Å². The molecule has 1 saturated heterocycles. The highest BCUT2D eigenvalue weighted by atomic mass is 35.5. The molecular weight excluding hydrogens is 364 g/mol. The summed E-state index contributed by atoms with van der Waals surface area (Å²) in [5.41, 5.74) is 5.08. The van der Waals surface area contributed by atoms with Gasteiger partial charge < -0.3 is 19.7 Å². The second-order valence-electron chi connectivity index (χ2n) is 7.58. The third kappa shape index (κ3) is 3.30. The zero-order chi connectivity index (χ0) is 19.2. The summed E-state index contributed by atoms with van der Waals surface area (Å²) in [5, 5.41) is 21.6. The maximum absolute atomic E-state index is 10.7. The van der Waals surface area contributed by atoms with E-state index in [4.69, 9.17) is 21.1 Å². The van der Waals surface area contributed by atoms with E-state index in [2.05, 4.69) is 31.2 Å². The molecule has 1 unspecified atom stereocenters. The average molecular weight is 389 g/mol. The molecule has 2 aliphatic rings. The molecule has 1 spiro atoms. The van der Waals surface area contributed by atoms with Gasteiger partial charge in [0.1, 0.15) is 6.10 Å². The van der Waals surface area contributed by atoms with E-state index in [0.29, 0.717) is 24.5 Å². The summed E-state index contributed by atoms with van der Waals surface area (Å²) in [7, 11) is 0. The number of benzene rings is 2. The maximum atomic E-state index is 10.7. The Bertz CT molecular complexity index is 835. The van der Waals surface area contributed by atoms with Crippen LogP contribution in [0, 0.1) is 0 Å².